The first kappa shape index (κ1) is 19.6. The van der Waals surface area contributed by atoms with Crippen molar-refractivity contribution in [2.45, 2.75) is 20.1 Å². The molecule has 0 saturated carbocycles. The van der Waals surface area contributed by atoms with E-state index in [4.69, 9.17) is 4.74 Å². The predicted molar refractivity (Wildman–Crippen MR) is 113 cm³/mol. The Kier molecular flexibility index (Phi) is 5.48. The fraction of sp³-hybridized carbons (Fsp3) is 0.167. The number of pyridine rings is 1. The van der Waals surface area contributed by atoms with E-state index in [2.05, 4.69) is 4.98 Å². The zero-order valence-electron chi connectivity index (χ0n) is 16.9. The van der Waals surface area contributed by atoms with E-state index in [1.165, 1.54) is 12.1 Å². The number of ether oxygens (including phenoxy) is 1. The van der Waals surface area contributed by atoms with Crippen molar-refractivity contribution < 1.29 is 13.9 Å². The lowest BCUT2D eigenvalue weighted by Crippen LogP contribution is -2.26. The van der Waals surface area contributed by atoms with E-state index in [1.807, 2.05) is 41.9 Å². The number of aromatic nitrogens is 2. The highest BCUT2D eigenvalue weighted by molar-refractivity contribution is 5.94. The Morgan fingerprint density at radius 2 is 1.93 bits per heavy atom. The van der Waals surface area contributed by atoms with Gasteiger partial charge in [-0.25, -0.2) is 9.37 Å². The van der Waals surface area contributed by atoms with Crippen molar-refractivity contribution in [3.05, 3.63) is 101 Å². The first-order chi connectivity index (χ1) is 14.5. The molecule has 2 aromatic heterocycles. The highest BCUT2D eigenvalue weighted by Gasteiger charge is 2.13. The van der Waals surface area contributed by atoms with Gasteiger partial charge in [-0.3, -0.25) is 4.79 Å². The summed E-state index contributed by atoms with van der Waals surface area (Å²) in [6.45, 7) is 2.66. The monoisotopic (exact) mass is 403 g/mol. The van der Waals surface area contributed by atoms with Crippen molar-refractivity contribution in [2.75, 3.05) is 7.05 Å². The van der Waals surface area contributed by atoms with E-state index in [9.17, 15) is 9.18 Å². The number of benzene rings is 2. The van der Waals surface area contributed by atoms with Crippen molar-refractivity contribution in [1.29, 1.82) is 0 Å². The molecule has 0 N–H and O–H groups in total. The molecular formula is C24H22FN3O2. The third-order valence-electron chi connectivity index (χ3n) is 4.77. The molecule has 2 heterocycles. The largest absolute Gasteiger partial charge is 0.487 e. The summed E-state index contributed by atoms with van der Waals surface area (Å²) in [5.41, 5.74) is 4.07. The molecule has 0 spiro atoms. The smallest absolute Gasteiger partial charge is 0.254 e. The maximum absolute atomic E-state index is 13.4. The Labute approximate surface area is 174 Å². The van der Waals surface area contributed by atoms with Crippen LogP contribution in [0.15, 0.2) is 73.1 Å². The average molecular weight is 403 g/mol. The predicted octanol–water partition coefficient (Wildman–Crippen LogP) is 4.63. The number of hydrogen-bond acceptors (Lipinski definition) is 3. The normalized spacial score (nSPS) is 10.9. The van der Waals surface area contributed by atoms with Gasteiger partial charge in [-0.05, 0) is 54.4 Å². The van der Waals surface area contributed by atoms with Gasteiger partial charge in [-0.15, -0.1) is 0 Å². The maximum Gasteiger partial charge on any atom is 0.254 e. The van der Waals surface area contributed by atoms with Crippen molar-refractivity contribution in [1.82, 2.24) is 14.3 Å². The second-order valence-corrected chi connectivity index (χ2v) is 7.31. The van der Waals surface area contributed by atoms with Gasteiger partial charge in [0, 0.05) is 31.5 Å². The average Bonchev–Trinajstić information content (AvgIpc) is 3.14. The number of rotatable bonds is 6. The van der Waals surface area contributed by atoms with Crippen LogP contribution in [-0.4, -0.2) is 27.2 Å². The molecule has 30 heavy (non-hydrogen) atoms. The molecule has 4 aromatic rings. The second-order valence-electron chi connectivity index (χ2n) is 7.31. The topological polar surface area (TPSA) is 46.8 Å². The summed E-state index contributed by atoms with van der Waals surface area (Å²) >= 11 is 0. The zero-order valence-corrected chi connectivity index (χ0v) is 16.9. The van der Waals surface area contributed by atoms with E-state index < -0.39 is 0 Å². The molecule has 1 amide bonds. The summed E-state index contributed by atoms with van der Waals surface area (Å²) in [4.78, 5) is 18.9. The number of carbonyl (C=O) groups is 1. The number of fused-ring (bicyclic) bond motifs is 1. The number of hydrogen-bond donors (Lipinski definition) is 0. The first-order valence-electron chi connectivity index (χ1n) is 9.65. The Morgan fingerprint density at radius 3 is 2.77 bits per heavy atom. The third kappa shape index (κ3) is 4.49. The van der Waals surface area contributed by atoms with E-state index >= 15 is 0 Å². The summed E-state index contributed by atoms with van der Waals surface area (Å²) in [6.07, 6.45) is 3.95. The molecular weight excluding hydrogens is 381 g/mol. The number of halogens is 1. The maximum atomic E-state index is 13.4. The van der Waals surface area contributed by atoms with Crippen LogP contribution in [0.3, 0.4) is 0 Å². The van der Waals surface area contributed by atoms with Crippen molar-refractivity contribution >= 4 is 11.6 Å². The van der Waals surface area contributed by atoms with Gasteiger partial charge in [0.1, 0.15) is 23.8 Å². The molecule has 0 aliphatic carbocycles. The molecule has 6 heteroatoms. The van der Waals surface area contributed by atoms with Crippen LogP contribution in [0.4, 0.5) is 4.39 Å². The van der Waals surface area contributed by atoms with Crippen LogP contribution in [0.25, 0.3) is 5.65 Å². The van der Waals surface area contributed by atoms with Gasteiger partial charge in [-0.2, -0.15) is 0 Å². The lowest BCUT2D eigenvalue weighted by atomic mass is 10.1. The molecule has 0 aliphatic rings. The van der Waals surface area contributed by atoms with Gasteiger partial charge in [0.2, 0.25) is 0 Å². The molecule has 152 valence electrons. The number of amides is 1. The lowest BCUT2D eigenvalue weighted by molar-refractivity contribution is 0.0784. The van der Waals surface area contributed by atoms with Crippen molar-refractivity contribution in [2.24, 2.45) is 0 Å². The van der Waals surface area contributed by atoms with Crippen molar-refractivity contribution in [3.8, 4) is 5.75 Å². The lowest BCUT2D eigenvalue weighted by Gasteiger charge is -2.18. The fourth-order valence-corrected chi connectivity index (χ4v) is 3.30. The summed E-state index contributed by atoms with van der Waals surface area (Å²) in [6, 6.07) is 17.3. The first-order valence-corrected chi connectivity index (χ1v) is 9.65. The molecule has 0 radical (unpaired) electrons. The van der Waals surface area contributed by atoms with Gasteiger partial charge in [0.05, 0.1) is 5.69 Å². The SMILES string of the molecule is Cc1ccc2nc(COc3cccc(C(=O)N(C)Cc4cccc(F)c4)c3)cn2c1. The summed E-state index contributed by atoms with van der Waals surface area (Å²) < 4.78 is 21.2. The van der Waals surface area contributed by atoms with Gasteiger partial charge < -0.3 is 14.0 Å². The molecule has 0 unspecified atom stereocenters. The molecule has 0 saturated heterocycles. The molecule has 0 atom stereocenters. The molecule has 0 bridgehead atoms. The van der Waals surface area contributed by atoms with E-state index in [-0.39, 0.29) is 11.7 Å². The number of carbonyl (C=O) groups excluding carboxylic acids is 1. The third-order valence-corrected chi connectivity index (χ3v) is 4.77. The molecule has 2 aromatic carbocycles. The van der Waals surface area contributed by atoms with Crippen LogP contribution in [0.2, 0.25) is 0 Å². The second kappa shape index (κ2) is 8.37. The fourth-order valence-electron chi connectivity index (χ4n) is 3.30. The Bertz CT molecular complexity index is 1200. The van der Waals surface area contributed by atoms with E-state index in [1.54, 1.807) is 42.3 Å². The minimum atomic E-state index is -0.314. The Morgan fingerprint density at radius 1 is 1.10 bits per heavy atom. The number of imidazole rings is 1. The molecule has 0 aliphatic heterocycles. The molecule has 4 rings (SSSR count). The quantitative estimate of drug-likeness (QED) is 0.471. The molecule has 5 nitrogen and oxygen atoms in total. The van der Waals surface area contributed by atoms with E-state index in [0.29, 0.717) is 24.5 Å². The summed E-state index contributed by atoms with van der Waals surface area (Å²) in [7, 11) is 1.69. The van der Waals surface area contributed by atoms with Gasteiger partial charge >= 0.3 is 0 Å². The van der Waals surface area contributed by atoms with Crippen LogP contribution < -0.4 is 4.74 Å². The zero-order chi connectivity index (χ0) is 21.1. The minimum Gasteiger partial charge on any atom is -0.487 e. The van der Waals surface area contributed by atoms with Crippen LogP contribution in [0, 0.1) is 12.7 Å². The van der Waals surface area contributed by atoms with Crippen molar-refractivity contribution in [3.63, 3.8) is 0 Å². The number of aryl methyl sites for hydroxylation is 1. The van der Waals surface area contributed by atoms with Gasteiger partial charge in [0.15, 0.2) is 0 Å². The van der Waals surface area contributed by atoms with Crippen LogP contribution >= 0.6 is 0 Å². The van der Waals surface area contributed by atoms with Gasteiger partial charge in [0.25, 0.3) is 5.91 Å². The minimum absolute atomic E-state index is 0.159. The van der Waals surface area contributed by atoms with Crippen LogP contribution in [0.5, 0.6) is 5.75 Å². The Balaban J connectivity index is 1.42. The van der Waals surface area contributed by atoms with Crippen LogP contribution in [0.1, 0.15) is 27.2 Å². The summed E-state index contributed by atoms with van der Waals surface area (Å²) in [5, 5.41) is 0. The number of nitrogens with zero attached hydrogens (tertiary/aromatic N) is 3. The Hall–Kier alpha value is -3.67. The molecule has 0 fully saturated rings. The summed E-state index contributed by atoms with van der Waals surface area (Å²) in [5.74, 6) is 0.118. The van der Waals surface area contributed by atoms with Gasteiger partial charge in [-0.1, -0.05) is 24.3 Å². The van der Waals surface area contributed by atoms with E-state index in [0.717, 1.165) is 22.5 Å². The standard InChI is InChI=1S/C24H22FN3O2/c1-17-9-10-23-26-21(15-28(23)13-17)16-30-22-8-4-6-19(12-22)24(29)27(2)14-18-5-3-7-20(25)11-18/h3-13,15H,14,16H2,1-2H3. The highest BCUT2D eigenvalue weighted by atomic mass is 19.1. The van der Waals surface area contributed by atoms with Crippen LogP contribution in [-0.2, 0) is 13.2 Å². The highest BCUT2D eigenvalue weighted by Crippen LogP contribution is 2.18.